The number of benzene rings is 2. The third-order valence-corrected chi connectivity index (χ3v) is 4.20. The number of rotatable bonds is 7. The zero-order valence-corrected chi connectivity index (χ0v) is 15.3. The van der Waals surface area contributed by atoms with Gasteiger partial charge in [0.25, 0.3) is 5.91 Å². The lowest BCUT2D eigenvalue weighted by Gasteiger charge is -2.10. The molecule has 1 saturated carbocycles. The first-order chi connectivity index (χ1) is 13.1. The van der Waals surface area contributed by atoms with Gasteiger partial charge in [0.05, 0.1) is 25.5 Å². The smallest absolute Gasteiger partial charge is 0.253 e. The van der Waals surface area contributed by atoms with Crippen LogP contribution in [0.4, 0.5) is 5.69 Å². The van der Waals surface area contributed by atoms with Crippen LogP contribution in [-0.2, 0) is 4.79 Å². The Kier molecular flexibility index (Phi) is 5.76. The zero-order valence-electron chi connectivity index (χ0n) is 15.3. The van der Waals surface area contributed by atoms with E-state index in [9.17, 15) is 9.59 Å². The van der Waals surface area contributed by atoms with E-state index in [2.05, 4.69) is 10.6 Å². The second kappa shape index (κ2) is 8.40. The van der Waals surface area contributed by atoms with Gasteiger partial charge in [0.1, 0.15) is 11.5 Å². The monoisotopic (exact) mass is 366 g/mol. The van der Waals surface area contributed by atoms with E-state index in [0.29, 0.717) is 22.7 Å². The topological polar surface area (TPSA) is 76.7 Å². The lowest BCUT2D eigenvalue weighted by molar-refractivity contribution is -0.111. The van der Waals surface area contributed by atoms with Gasteiger partial charge in [0.2, 0.25) is 5.91 Å². The summed E-state index contributed by atoms with van der Waals surface area (Å²) in [6.45, 7) is 0. The fraction of sp³-hybridized carbons (Fsp3) is 0.238. The van der Waals surface area contributed by atoms with Crippen molar-refractivity contribution in [1.29, 1.82) is 0 Å². The molecule has 0 radical (unpaired) electrons. The number of carbonyl (C=O) groups is 2. The van der Waals surface area contributed by atoms with Gasteiger partial charge in [0, 0.05) is 23.7 Å². The van der Waals surface area contributed by atoms with E-state index in [1.54, 1.807) is 62.8 Å². The van der Waals surface area contributed by atoms with Crippen molar-refractivity contribution in [2.75, 3.05) is 19.5 Å². The maximum Gasteiger partial charge on any atom is 0.253 e. The van der Waals surface area contributed by atoms with Crippen LogP contribution in [0.1, 0.15) is 28.8 Å². The van der Waals surface area contributed by atoms with Gasteiger partial charge in [0.15, 0.2) is 0 Å². The first kappa shape index (κ1) is 18.5. The summed E-state index contributed by atoms with van der Waals surface area (Å²) in [7, 11) is 3.13. The van der Waals surface area contributed by atoms with Gasteiger partial charge >= 0.3 is 0 Å². The van der Waals surface area contributed by atoms with Crippen molar-refractivity contribution in [2.45, 2.75) is 18.9 Å². The van der Waals surface area contributed by atoms with Gasteiger partial charge < -0.3 is 20.1 Å². The number of carbonyl (C=O) groups excluding carboxylic acids is 2. The zero-order chi connectivity index (χ0) is 19.2. The van der Waals surface area contributed by atoms with Crippen LogP contribution in [0.2, 0.25) is 0 Å². The molecular weight excluding hydrogens is 344 g/mol. The van der Waals surface area contributed by atoms with Crippen molar-refractivity contribution in [3.63, 3.8) is 0 Å². The normalized spacial score (nSPS) is 13.3. The summed E-state index contributed by atoms with van der Waals surface area (Å²) < 4.78 is 10.5. The van der Waals surface area contributed by atoms with E-state index in [1.807, 2.05) is 0 Å². The minimum Gasteiger partial charge on any atom is -0.497 e. The maximum atomic E-state index is 12.3. The van der Waals surface area contributed by atoms with Crippen molar-refractivity contribution in [1.82, 2.24) is 5.32 Å². The van der Waals surface area contributed by atoms with E-state index in [1.165, 1.54) is 6.08 Å². The highest BCUT2D eigenvalue weighted by molar-refractivity contribution is 6.07. The molecule has 6 nitrogen and oxygen atoms in total. The Hall–Kier alpha value is -3.28. The summed E-state index contributed by atoms with van der Waals surface area (Å²) in [6, 6.07) is 12.6. The van der Waals surface area contributed by atoms with Crippen LogP contribution in [0.15, 0.2) is 48.5 Å². The highest BCUT2D eigenvalue weighted by atomic mass is 16.5. The van der Waals surface area contributed by atoms with Crippen LogP contribution >= 0.6 is 0 Å². The number of para-hydroxylation sites is 1. The second-order valence-corrected chi connectivity index (χ2v) is 6.22. The molecule has 0 aliphatic heterocycles. The Morgan fingerprint density at radius 1 is 1.07 bits per heavy atom. The Balaban J connectivity index is 1.71. The highest BCUT2D eigenvalue weighted by Gasteiger charge is 2.24. The standard InChI is InChI=1S/C21H22N2O4/c1-26-16-11-7-14(19(13-16)27-2)8-12-20(24)23-18-6-4-3-5-17(18)21(25)22-15-9-10-15/h3-8,11-13,15H,9-10H2,1-2H3,(H,22,25)(H,23,24)/b12-8+. The van der Waals surface area contributed by atoms with Gasteiger partial charge in [-0.3, -0.25) is 9.59 Å². The van der Waals surface area contributed by atoms with E-state index < -0.39 is 0 Å². The third-order valence-electron chi connectivity index (χ3n) is 4.20. The predicted molar refractivity (Wildman–Crippen MR) is 104 cm³/mol. The fourth-order valence-corrected chi connectivity index (χ4v) is 2.58. The number of hydrogen-bond donors (Lipinski definition) is 2. The van der Waals surface area contributed by atoms with Crippen molar-refractivity contribution in [3.05, 3.63) is 59.7 Å². The Labute approximate surface area is 158 Å². The molecule has 27 heavy (non-hydrogen) atoms. The van der Waals surface area contributed by atoms with Crippen LogP contribution in [0, 0.1) is 0 Å². The van der Waals surface area contributed by atoms with Crippen LogP contribution in [0.5, 0.6) is 11.5 Å². The van der Waals surface area contributed by atoms with Crippen molar-refractivity contribution >= 4 is 23.6 Å². The summed E-state index contributed by atoms with van der Waals surface area (Å²) in [5.74, 6) is 0.764. The summed E-state index contributed by atoms with van der Waals surface area (Å²) in [5, 5.41) is 5.69. The average Bonchev–Trinajstić information content (AvgIpc) is 3.50. The average molecular weight is 366 g/mol. The van der Waals surface area contributed by atoms with Crippen LogP contribution in [-0.4, -0.2) is 32.1 Å². The van der Waals surface area contributed by atoms with Crippen LogP contribution < -0.4 is 20.1 Å². The van der Waals surface area contributed by atoms with E-state index in [4.69, 9.17) is 9.47 Å². The largest absolute Gasteiger partial charge is 0.497 e. The van der Waals surface area contributed by atoms with Gasteiger partial charge in [-0.05, 0) is 43.2 Å². The number of ether oxygens (including phenoxy) is 2. The predicted octanol–water partition coefficient (Wildman–Crippen LogP) is 3.25. The summed E-state index contributed by atoms with van der Waals surface area (Å²) in [4.78, 5) is 24.6. The first-order valence-corrected chi connectivity index (χ1v) is 8.71. The molecule has 0 atom stereocenters. The molecule has 2 aromatic carbocycles. The molecule has 2 amide bonds. The lowest BCUT2D eigenvalue weighted by atomic mass is 10.1. The van der Waals surface area contributed by atoms with Crippen molar-refractivity contribution in [3.8, 4) is 11.5 Å². The molecular formula is C21H22N2O4. The Morgan fingerprint density at radius 2 is 1.85 bits per heavy atom. The van der Waals surface area contributed by atoms with Gasteiger partial charge in [-0.1, -0.05) is 12.1 Å². The molecule has 3 rings (SSSR count). The summed E-state index contributed by atoms with van der Waals surface area (Å²) in [5.41, 5.74) is 1.67. The number of methoxy groups -OCH3 is 2. The minimum absolute atomic E-state index is 0.172. The summed E-state index contributed by atoms with van der Waals surface area (Å²) in [6.07, 6.45) is 5.07. The number of hydrogen-bond acceptors (Lipinski definition) is 4. The number of amides is 2. The third kappa shape index (κ3) is 4.88. The maximum absolute atomic E-state index is 12.3. The molecule has 1 aliphatic carbocycles. The molecule has 0 spiro atoms. The molecule has 1 fully saturated rings. The van der Waals surface area contributed by atoms with Gasteiger partial charge in [-0.2, -0.15) is 0 Å². The Bertz CT molecular complexity index is 872. The van der Waals surface area contributed by atoms with E-state index in [-0.39, 0.29) is 17.9 Å². The lowest BCUT2D eigenvalue weighted by Crippen LogP contribution is -2.26. The molecule has 140 valence electrons. The fourth-order valence-electron chi connectivity index (χ4n) is 2.58. The minimum atomic E-state index is -0.334. The van der Waals surface area contributed by atoms with Crippen molar-refractivity contribution < 1.29 is 19.1 Å². The van der Waals surface area contributed by atoms with Crippen LogP contribution in [0.3, 0.4) is 0 Å². The molecule has 0 unspecified atom stereocenters. The van der Waals surface area contributed by atoms with Crippen LogP contribution in [0.25, 0.3) is 6.08 Å². The quantitative estimate of drug-likeness (QED) is 0.738. The number of anilines is 1. The molecule has 6 heteroatoms. The van der Waals surface area contributed by atoms with E-state index >= 15 is 0 Å². The highest BCUT2D eigenvalue weighted by Crippen LogP contribution is 2.26. The van der Waals surface area contributed by atoms with E-state index in [0.717, 1.165) is 18.4 Å². The van der Waals surface area contributed by atoms with Gasteiger partial charge in [-0.15, -0.1) is 0 Å². The molecule has 1 aliphatic rings. The van der Waals surface area contributed by atoms with Gasteiger partial charge in [-0.25, -0.2) is 0 Å². The molecule has 2 aromatic rings. The molecule has 0 saturated heterocycles. The molecule has 0 aromatic heterocycles. The molecule has 0 heterocycles. The molecule has 2 N–H and O–H groups in total. The number of nitrogens with one attached hydrogen (secondary N) is 2. The first-order valence-electron chi connectivity index (χ1n) is 8.71. The van der Waals surface area contributed by atoms with Crippen molar-refractivity contribution in [2.24, 2.45) is 0 Å². The Morgan fingerprint density at radius 3 is 2.56 bits per heavy atom. The SMILES string of the molecule is COc1ccc(/C=C/C(=O)Nc2ccccc2C(=O)NC2CC2)c(OC)c1. The molecule has 0 bridgehead atoms. The summed E-state index contributed by atoms with van der Waals surface area (Å²) >= 11 is 0. The second-order valence-electron chi connectivity index (χ2n) is 6.22.